The lowest BCUT2D eigenvalue weighted by Gasteiger charge is -2.20. The Morgan fingerprint density at radius 1 is 1.29 bits per heavy atom. The van der Waals surface area contributed by atoms with Crippen molar-refractivity contribution >= 4 is 5.69 Å². The van der Waals surface area contributed by atoms with Crippen molar-refractivity contribution in [2.45, 2.75) is 32.1 Å². The van der Waals surface area contributed by atoms with Gasteiger partial charge in [0.15, 0.2) is 0 Å². The summed E-state index contributed by atoms with van der Waals surface area (Å²) in [6, 6.07) is 5.59. The number of anilines is 1. The van der Waals surface area contributed by atoms with E-state index in [9.17, 15) is 4.39 Å². The topological polar surface area (TPSA) is 33.7 Å². The third-order valence-electron chi connectivity index (χ3n) is 4.14. The molecule has 1 heterocycles. The fourth-order valence-electron chi connectivity index (χ4n) is 2.87. The SMILES string of the molecule is CCNC(C)c1ccc(N2CC(OC)C(OC)C2)c(F)c1. The molecule has 1 aromatic carbocycles. The zero-order chi connectivity index (χ0) is 15.4. The zero-order valence-electron chi connectivity index (χ0n) is 13.2. The molecule has 4 nitrogen and oxygen atoms in total. The van der Waals surface area contributed by atoms with Gasteiger partial charge in [0.05, 0.1) is 5.69 Å². The first-order valence-electron chi connectivity index (χ1n) is 7.44. The molecule has 1 saturated heterocycles. The third kappa shape index (κ3) is 3.54. The van der Waals surface area contributed by atoms with Crippen molar-refractivity contribution in [1.29, 1.82) is 0 Å². The summed E-state index contributed by atoms with van der Waals surface area (Å²) in [5.41, 5.74) is 1.58. The number of hydrogen-bond donors (Lipinski definition) is 1. The lowest BCUT2D eigenvalue weighted by atomic mass is 10.1. The monoisotopic (exact) mass is 296 g/mol. The average Bonchev–Trinajstić information content (AvgIpc) is 2.90. The van der Waals surface area contributed by atoms with E-state index in [4.69, 9.17) is 9.47 Å². The van der Waals surface area contributed by atoms with Gasteiger partial charge in [-0.05, 0) is 31.2 Å². The standard InChI is InChI=1S/C16H25FN2O2/c1-5-18-11(2)12-6-7-14(13(17)8-12)19-9-15(20-3)16(10-19)21-4/h6-8,11,15-16,18H,5,9-10H2,1-4H3. The van der Waals surface area contributed by atoms with Crippen molar-refractivity contribution in [1.82, 2.24) is 5.32 Å². The summed E-state index contributed by atoms with van der Waals surface area (Å²) in [7, 11) is 3.33. The van der Waals surface area contributed by atoms with Gasteiger partial charge in [0.2, 0.25) is 0 Å². The molecule has 1 fully saturated rings. The van der Waals surface area contributed by atoms with Gasteiger partial charge in [0.1, 0.15) is 18.0 Å². The van der Waals surface area contributed by atoms with Crippen LogP contribution in [0.2, 0.25) is 0 Å². The van der Waals surface area contributed by atoms with Gasteiger partial charge in [0.25, 0.3) is 0 Å². The molecule has 3 unspecified atom stereocenters. The number of ether oxygens (including phenoxy) is 2. The summed E-state index contributed by atoms with van der Waals surface area (Å²) in [5.74, 6) is -0.191. The molecular weight excluding hydrogens is 271 g/mol. The van der Waals surface area contributed by atoms with Crippen LogP contribution < -0.4 is 10.2 Å². The van der Waals surface area contributed by atoms with Crippen LogP contribution in [0.15, 0.2) is 18.2 Å². The Labute approximate surface area is 126 Å². The first-order valence-corrected chi connectivity index (χ1v) is 7.44. The summed E-state index contributed by atoms with van der Waals surface area (Å²) in [6.07, 6.45) is -0.0375. The van der Waals surface area contributed by atoms with Crippen molar-refractivity contribution in [2.75, 3.05) is 38.8 Å². The predicted octanol–water partition coefficient (Wildman–Crippen LogP) is 2.35. The van der Waals surface area contributed by atoms with E-state index in [2.05, 4.69) is 5.32 Å². The molecule has 0 saturated carbocycles. The Morgan fingerprint density at radius 2 is 1.90 bits per heavy atom. The van der Waals surface area contributed by atoms with Gasteiger partial charge >= 0.3 is 0 Å². The molecule has 1 N–H and O–H groups in total. The molecule has 118 valence electrons. The summed E-state index contributed by atoms with van der Waals surface area (Å²) in [5, 5.41) is 3.29. The van der Waals surface area contributed by atoms with E-state index in [-0.39, 0.29) is 24.1 Å². The van der Waals surface area contributed by atoms with E-state index in [1.807, 2.05) is 30.9 Å². The number of hydrogen-bond acceptors (Lipinski definition) is 4. The summed E-state index contributed by atoms with van der Waals surface area (Å²) < 4.78 is 25.2. The quantitative estimate of drug-likeness (QED) is 0.874. The first kappa shape index (κ1) is 16.2. The molecule has 0 radical (unpaired) electrons. The maximum atomic E-state index is 14.4. The number of methoxy groups -OCH3 is 2. The molecule has 1 aliphatic rings. The number of rotatable bonds is 6. The van der Waals surface area contributed by atoms with E-state index in [0.29, 0.717) is 18.8 Å². The smallest absolute Gasteiger partial charge is 0.146 e. The van der Waals surface area contributed by atoms with Gasteiger partial charge in [0, 0.05) is 33.4 Å². The van der Waals surface area contributed by atoms with Crippen LogP contribution in [0, 0.1) is 5.82 Å². The second-order valence-electron chi connectivity index (χ2n) is 5.44. The van der Waals surface area contributed by atoms with E-state index in [0.717, 1.165) is 12.1 Å². The second kappa shape index (κ2) is 7.20. The molecule has 3 atom stereocenters. The summed E-state index contributed by atoms with van der Waals surface area (Å²) in [4.78, 5) is 1.99. The fraction of sp³-hybridized carbons (Fsp3) is 0.625. The van der Waals surface area contributed by atoms with Crippen molar-refractivity contribution in [3.05, 3.63) is 29.6 Å². The van der Waals surface area contributed by atoms with Crippen molar-refractivity contribution in [2.24, 2.45) is 0 Å². The molecule has 1 aliphatic heterocycles. The third-order valence-corrected chi connectivity index (χ3v) is 4.14. The van der Waals surface area contributed by atoms with E-state index in [1.54, 1.807) is 20.3 Å². The average molecular weight is 296 g/mol. The van der Waals surface area contributed by atoms with Crippen molar-refractivity contribution < 1.29 is 13.9 Å². The molecule has 5 heteroatoms. The Morgan fingerprint density at radius 3 is 2.38 bits per heavy atom. The first-order chi connectivity index (χ1) is 10.1. The van der Waals surface area contributed by atoms with Crippen LogP contribution in [-0.2, 0) is 9.47 Å². The highest BCUT2D eigenvalue weighted by Gasteiger charge is 2.34. The van der Waals surface area contributed by atoms with Crippen LogP contribution in [0.25, 0.3) is 0 Å². The highest BCUT2D eigenvalue weighted by Crippen LogP contribution is 2.28. The molecule has 21 heavy (non-hydrogen) atoms. The Bertz CT molecular complexity index is 458. The number of halogens is 1. The number of nitrogens with one attached hydrogen (secondary N) is 1. The Kier molecular flexibility index (Phi) is 5.56. The highest BCUT2D eigenvalue weighted by atomic mass is 19.1. The van der Waals surface area contributed by atoms with E-state index in [1.165, 1.54) is 0 Å². The van der Waals surface area contributed by atoms with Crippen LogP contribution in [0.5, 0.6) is 0 Å². The summed E-state index contributed by atoms with van der Waals surface area (Å²) >= 11 is 0. The van der Waals surface area contributed by atoms with Crippen molar-refractivity contribution in [3.63, 3.8) is 0 Å². The van der Waals surface area contributed by atoms with E-state index < -0.39 is 0 Å². The minimum Gasteiger partial charge on any atom is -0.377 e. The van der Waals surface area contributed by atoms with Crippen molar-refractivity contribution in [3.8, 4) is 0 Å². The molecule has 0 bridgehead atoms. The molecule has 2 rings (SSSR count). The molecule has 0 spiro atoms. The van der Waals surface area contributed by atoms with Gasteiger partial charge in [-0.1, -0.05) is 13.0 Å². The molecule has 0 aliphatic carbocycles. The highest BCUT2D eigenvalue weighted by molar-refractivity contribution is 5.51. The lowest BCUT2D eigenvalue weighted by molar-refractivity contribution is -0.00461. The molecule has 1 aromatic rings. The fourth-order valence-corrected chi connectivity index (χ4v) is 2.87. The van der Waals surface area contributed by atoms with Gasteiger partial charge < -0.3 is 19.7 Å². The maximum absolute atomic E-state index is 14.4. The van der Waals surface area contributed by atoms with Gasteiger partial charge in [-0.25, -0.2) is 4.39 Å². The van der Waals surface area contributed by atoms with Crippen LogP contribution in [0.4, 0.5) is 10.1 Å². The summed E-state index contributed by atoms with van der Waals surface area (Å²) in [6.45, 7) is 6.24. The van der Waals surface area contributed by atoms with Gasteiger partial charge in [-0.2, -0.15) is 0 Å². The van der Waals surface area contributed by atoms with E-state index >= 15 is 0 Å². The second-order valence-corrected chi connectivity index (χ2v) is 5.44. The minimum absolute atomic E-state index is 0.0187. The normalized spacial score (nSPS) is 23.6. The lowest BCUT2D eigenvalue weighted by Crippen LogP contribution is -2.27. The van der Waals surface area contributed by atoms with Gasteiger partial charge in [-0.15, -0.1) is 0 Å². The van der Waals surface area contributed by atoms with Crippen LogP contribution >= 0.6 is 0 Å². The maximum Gasteiger partial charge on any atom is 0.146 e. The minimum atomic E-state index is -0.191. The molecule has 0 amide bonds. The van der Waals surface area contributed by atoms with Crippen LogP contribution in [-0.4, -0.2) is 46.1 Å². The van der Waals surface area contributed by atoms with Crippen LogP contribution in [0.3, 0.4) is 0 Å². The molecular formula is C16H25FN2O2. The van der Waals surface area contributed by atoms with Gasteiger partial charge in [-0.3, -0.25) is 0 Å². The predicted molar refractivity (Wildman–Crippen MR) is 82.3 cm³/mol. The largest absolute Gasteiger partial charge is 0.377 e. The Hall–Kier alpha value is -1.17. The number of benzene rings is 1. The molecule has 0 aromatic heterocycles. The van der Waals surface area contributed by atoms with Crippen LogP contribution in [0.1, 0.15) is 25.5 Å². The number of nitrogens with zero attached hydrogens (tertiary/aromatic N) is 1. The Balaban J connectivity index is 2.14. The zero-order valence-corrected chi connectivity index (χ0v) is 13.2.